The molecule has 0 spiro atoms. The summed E-state index contributed by atoms with van der Waals surface area (Å²) in [5, 5.41) is -0.289. The second-order valence-corrected chi connectivity index (χ2v) is 4.20. The minimum absolute atomic E-state index is 0.255. The highest BCUT2D eigenvalue weighted by Gasteiger charge is 2.33. The summed E-state index contributed by atoms with van der Waals surface area (Å²) in [7, 11) is -3.45. The maximum Gasteiger partial charge on any atom is 0.440 e. The van der Waals surface area contributed by atoms with Gasteiger partial charge in [-0.3, -0.25) is 0 Å². The molecule has 0 unspecified atom stereocenters. The van der Waals surface area contributed by atoms with Crippen LogP contribution in [0, 0.1) is 0 Å². The number of nitrogens with zero attached hydrogens (tertiary/aromatic N) is 4. The Morgan fingerprint density at radius 3 is 2.33 bits per heavy atom. The monoisotopic (exact) mass is 186 g/mol. The van der Waals surface area contributed by atoms with Crippen molar-refractivity contribution in [3.8, 4) is 0 Å². The summed E-state index contributed by atoms with van der Waals surface area (Å²) in [5.74, 6) is 0.0122. The van der Waals surface area contributed by atoms with Crippen LogP contribution in [-0.4, -0.2) is 36.2 Å². The number of rotatable bonds is 0. The predicted octanol–water partition coefficient (Wildman–Crippen LogP) is -0.510. The summed E-state index contributed by atoms with van der Waals surface area (Å²) in [6, 6.07) is 0. The van der Waals surface area contributed by atoms with Crippen LogP contribution in [0.2, 0.25) is 0 Å². The molecule has 0 saturated carbocycles. The van der Waals surface area contributed by atoms with Gasteiger partial charge in [-0.25, -0.2) is 8.42 Å². The van der Waals surface area contributed by atoms with Crippen LogP contribution in [0.15, 0.2) is 9.98 Å². The largest absolute Gasteiger partial charge is 0.497 e. The summed E-state index contributed by atoms with van der Waals surface area (Å²) < 4.78 is 21.9. The van der Waals surface area contributed by atoms with E-state index in [1.165, 1.54) is 6.92 Å². The van der Waals surface area contributed by atoms with E-state index in [-0.39, 0.29) is 16.7 Å². The number of aliphatic imine (C=N–C) groups is 2. The molecule has 0 atom stereocenters. The second kappa shape index (κ2) is 2.62. The van der Waals surface area contributed by atoms with Crippen LogP contribution in [0.3, 0.4) is 0 Å². The van der Waals surface area contributed by atoms with E-state index in [1.54, 1.807) is 0 Å². The Labute approximate surface area is 69.2 Å². The Hall–Kier alpha value is -1.33. The molecule has 1 rings (SSSR count). The van der Waals surface area contributed by atoms with Crippen molar-refractivity contribution in [2.24, 2.45) is 9.98 Å². The summed E-state index contributed by atoms with van der Waals surface area (Å²) in [6.45, 7) is 1.52. The molecule has 64 valence electrons. The van der Waals surface area contributed by atoms with Gasteiger partial charge in [0.15, 0.2) is 0 Å². The van der Waals surface area contributed by atoms with Crippen LogP contribution in [0.25, 0.3) is 5.53 Å². The van der Waals surface area contributed by atoms with Gasteiger partial charge in [0.1, 0.15) is 0 Å². The normalized spacial score (nSPS) is 17.0. The zero-order valence-corrected chi connectivity index (χ0v) is 7.33. The molecule has 0 fully saturated rings. The van der Waals surface area contributed by atoms with Gasteiger partial charge >= 0.3 is 5.84 Å². The van der Waals surface area contributed by atoms with Crippen molar-refractivity contribution in [2.75, 3.05) is 6.26 Å². The van der Waals surface area contributed by atoms with Gasteiger partial charge in [0.25, 0.3) is 5.04 Å². The van der Waals surface area contributed by atoms with Gasteiger partial charge in [-0.15, -0.1) is 0 Å². The second-order valence-electron chi connectivity index (χ2n) is 2.27. The summed E-state index contributed by atoms with van der Waals surface area (Å²) in [4.78, 5) is 9.89. The molecule has 0 N–H and O–H groups in total. The van der Waals surface area contributed by atoms with E-state index in [2.05, 4.69) is 14.8 Å². The lowest BCUT2D eigenvalue weighted by molar-refractivity contribution is -0.00255. The van der Waals surface area contributed by atoms with E-state index in [9.17, 15) is 8.42 Å². The molecule has 12 heavy (non-hydrogen) atoms. The van der Waals surface area contributed by atoms with E-state index >= 15 is 0 Å². The summed E-state index contributed by atoms with van der Waals surface area (Å²) >= 11 is 0. The summed E-state index contributed by atoms with van der Waals surface area (Å²) in [5.41, 5.74) is 8.35. The van der Waals surface area contributed by atoms with Crippen LogP contribution >= 0.6 is 0 Å². The standard InChI is InChI=1S/C5H6N4O2S/c1-3-7-4(9-6)5(8-3)12(2,10)11/h1-2H3. The fourth-order valence-electron chi connectivity index (χ4n) is 0.737. The Morgan fingerprint density at radius 2 is 2.00 bits per heavy atom. The minimum Gasteiger partial charge on any atom is -0.497 e. The van der Waals surface area contributed by atoms with E-state index in [1.807, 2.05) is 0 Å². The van der Waals surface area contributed by atoms with Crippen molar-refractivity contribution >= 4 is 26.6 Å². The molecule has 0 aliphatic carbocycles. The molecule has 1 aliphatic rings. The summed E-state index contributed by atoms with van der Waals surface area (Å²) in [6.07, 6.45) is 0.977. The Kier molecular flexibility index (Phi) is 1.91. The zero-order chi connectivity index (χ0) is 9.35. The molecular formula is C5H6N4O2S. The first-order chi connectivity index (χ1) is 5.45. The number of hydrogen-bond acceptors (Lipinski definition) is 3. The topological polar surface area (TPSA) is 95.3 Å². The van der Waals surface area contributed by atoms with Crippen molar-refractivity contribution in [2.45, 2.75) is 6.92 Å². The van der Waals surface area contributed by atoms with Crippen molar-refractivity contribution in [3.63, 3.8) is 0 Å². The fraction of sp³-hybridized carbons (Fsp3) is 0.400. The van der Waals surface area contributed by atoms with Crippen molar-refractivity contribution < 1.29 is 13.2 Å². The quantitative estimate of drug-likeness (QED) is 0.376. The first-order valence-corrected chi connectivity index (χ1v) is 4.91. The molecule has 7 heteroatoms. The van der Waals surface area contributed by atoms with Crippen molar-refractivity contribution in [1.29, 1.82) is 0 Å². The van der Waals surface area contributed by atoms with Crippen LogP contribution in [-0.2, 0) is 9.84 Å². The number of sulfone groups is 1. The lowest BCUT2D eigenvalue weighted by Gasteiger charge is -1.87. The highest BCUT2D eigenvalue weighted by atomic mass is 32.2. The van der Waals surface area contributed by atoms with Crippen LogP contribution < -0.4 is 0 Å². The van der Waals surface area contributed by atoms with Gasteiger partial charge in [-0.05, 0) is 4.99 Å². The minimum atomic E-state index is -3.45. The SMILES string of the molecule is CC1=NC(=[N+]=[N-])C(S(C)(=O)=O)=N1. The lowest BCUT2D eigenvalue weighted by atomic mass is 10.7. The van der Waals surface area contributed by atoms with Crippen molar-refractivity contribution in [3.05, 3.63) is 5.53 Å². The third-order valence-electron chi connectivity index (χ3n) is 1.17. The number of amidine groups is 2. The van der Waals surface area contributed by atoms with E-state index in [0.717, 1.165) is 6.26 Å². The van der Waals surface area contributed by atoms with E-state index in [4.69, 9.17) is 5.53 Å². The molecule has 0 bridgehead atoms. The third kappa shape index (κ3) is 1.46. The molecular weight excluding hydrogens is 180 g/mol. The van der Waals surface area contributed by atoms with Gasteiger partial charge in [-0.2, -0.15) is 4.99 Å². The van der Waals surface area contributed by atoms with Crippen molar-refractivity contribution in [1.82, 2.24) is 0 Å². The molecule has 0 aromatic rings. The van der Waals surface area contributed by atoms with Gasteiger partial charge < -0.3 is 10.3 Å². The first kappa shape index (κ1) is 8.76. The maximum atomic E-state index is 11.0. The Bertz CT molecular complexity index is 424. The van der Waals surface area contributed by atoms with Gasteiger partial charge in [0.2, 0.25) is 15.7 Å². The van der Waals surface area contributed by atoms with E-state index in [0.29, 0.717) is 0 Å². The van der Waals surface area contributed by atoms with Gasteiger partial charge in [0.05, 0.1) is 0 Å². The lowest BCUT2D eigenvalue weighted by Crippen LogP contribution is -2.19. The third-order valence-corrected chi connectivity index (χ3v) is 2.14. The first-order valence-electron chi connectivity index (χ1n) is 3.01. The maximum absolute atomic E-state index is 11.0. The molecule has 0 amide bonds. The smallest absolute Gasteiger partial charge is 0.440 e. The van der Waals surface area contributed by atoms with Crippen LogP contribution in [0.1, 0.15) is 6.92 Å². The average Bonchev–Trinajstić information content (AvgIpc) is 2.29. The Balaban J connectivity index is 3.32. The Morgan fingerprint density at radius 1 is 1.42 bits per heavy atom. The van der Waals surface area contributed by atoms with Crippen LogP contribution in [0.5, 0.6) is 0 Å². The van der Waals surface area contributed by atoms with Gasteiger partial charge in [0, 0.05) is 13.2 Å². The molecule has 6 nitrogen and oxygen atoms in total. The van der Waals surface area contributed by atoms with E-state index < -0.39 is 9.84 Å². The molecule has 0 aromatic carbocycles. The molecule has 0 aromatic heterocycles. The zero-order valence-electron chi connectivity index (χ0n) is 6.51. The highest BCUT2D eigenvalue weighted by molar-refractivity contribution is 8.07. The van der Waals surface area contributed by atoms with Crippen LogP contribution in [0.4, 0.5) is 0 Å². The number of hydrogen-bond donors (Lipinski definition) is 0. The average molecular weight is 186 g/mol. The predicted molar refractivity (Wildman–Crippen MR) is 44.0 cm³/mol. The van der Waals surface area contributed by atoms with Gasteiger partial charge in [-0.1, -0.05) is 0 Å². The molecule has 0 saturated heterocycles. The molecule has 0 radical (unpaired) electrons. The molecule has 1 heterocycles. The fourth-order valence-corrected chi connectivity index (χ4v) is 1.45. The highest BCUT2D eigenvalue weighted by Crippen LogP contribution is 2.02. The molecule has 1 aliphatic heterocycles.